The molecule has 19 heavy (non-hydrogen) atoms. The first kappa shape index (κ1) is 14.4. The molecule has 2 N–H and O–H groups in total. The van der Waals surface area contributed by atoms with Crippen LogP contribution in [0.2, 0.25) is 0 Å². The van der Waals surface area contributed by atoms with Gasteiger partial charge in [-0.3, -0.25) is 0 Å². The summed E-state index contributed by atoms with van der Waals surface area (Å²) in [6.07, 6.45) is 1.32. The van der Waals surface area contributed by atoms with Crippen LogP contribution in [0.3, 0.4) is 0 Å². The van der Waals surface area contributed by atoms with Crippen LogP contribution in [0, 0.1) is 12.8 Å². The molecule has 1 unspecified atom stereocenters. The van der Waals surface area contributed by atoms with Crippen molar-refractivity contribution in [2.45, 2.75) is 33.1 Å². The fourth-order valence-corrected chi connectivity index (χ4v) is 3.48. The highest BCUT2D eigenvalue weighted by atomic mass is 32.2. The Balaban J connectivity index is 2.14. The maximum Gasteiger partial charge on any atom is 0.135 e. The zero-order valence-electron chi connectivity index (χ0n) is 12.3. The van der Waals surface area contributed by atoms with E-state index in [-0.39, 0.29) is 0 Å². The molecule has 0 radical (unpaired) electrons. The Labute approximate surface area is 120 Å². The van der Waals surface area contributed by atoms with E-state index in [1.807, 2.05) is 7.05 Å². The highest BCUT2D eigenvalue weighted by Gasteiger charge is 2.17. The summed E-state index contributed by atoms with van der Waals surface area (Å²) in [5.41, 5.74) is 1.11. The number of aromatic nitrogens is 2. The molecule has 4 nitrogen and oxygen atoms in total. The molecular formula is C14H24N4S. The zero-order chi connectivity index (χ0) is 13.8. The summed E-state index contributed by atoms with van der Waals surface area (Å²) in [6.45, 7) is 7.34. The maximum absolute atomic E-state index is 4.67. The second kappa shape index (κ2) is 6.46. The normalized spacial score (nSPS) is 18.9. The van der Waals surface area contributed by atoms with E-state index in [4.69, 9.17) is 0 Å². The van der Waals surface area contributed by atoms with Crippen LogP contribution in [-0.4, -0.2) is 35.1 Å². The van der Waals surface area contributed by atoms with Gasteiger partial charge in [0.05, 0.1) is 0 Å². The molecule has 1 aromatic heterocycles. The largest absolute Gasteiger partial charge is 0.373 e. The van der Waals surface area contributed by atoms with Gasteiger partial charge in [0.2, 0.25) is 0 Å². The summed E-state index contributed by atoms with van der Waals surface area (Å²) in [4.78, 5) is 9.24. The number of hydrogen-bond donors (Lipinski definition) is 2. The molecule has 106 valence electrons. The topological polar surface area (TPSA) is 49.8 Å². The summed E-state index contributed by atoms with van der Waals surface area (Å²) in [5.74, 6) is 6.51. The standard InChI is InChI=1S/C14H24N4S/c1-9(2)12-17-13(15-4)10(3)14(18-12)16-7-11-5-6-19-8-11/h9,11H,5-8H2,1-4H3,(H2,15,16,17,18). The first-order valence-electron chi connectivity index (χ1n) is 6.99. The van der Waals surface area contributed by atoms with Crippen LogP contribution in [-0.2, 0) is 0 Å². The second-order valence-corrected chi connectivity index (χ2v) is 6.57. The van der Waals surface area contributed by atoms with E-state index >= 15 is 0 Å². The van der Waals surface area contributed by atoms with Gasteiger partial charge in [-0.25, -0.2) is 9.97 Å². The van der Waals surface area contributed by atoms with Crippen molar-refractivity contribution in [2.75, 3.05) is 35.7 Å². The summed E-state index contributed by atoms with van der Waals surface area (Å²) in [7, 11) is 1.91. The van der Waals surface area contributed by atoms with Gasteiger partial charge in [-0.05, 0) is 30.8 Å². The molecule has 5 heteroatoms. The lowest BCUT2D eigenvalue weighted by Gasteiger charge is -2.16. The maximum atomic E-state index is 4.67. The fraction of sp³-hybridized carbons (Fsp3) is 0.714. The van der Waals surface area contributed by atoms with Gasteiger partial charge < -0.3 is 10.6 Å². The molecule has 1 aliphatic rings. The van der Waals surface area contributed by atoms with Crippen molar-refractivity contribution >= 4 is 23.4 Å². The van der Waals surface area contributed by atoms with Crippen LogP contribution in [0.25, 0.3) is 0 Å². The lowest BCUT2D eigenvalue weighted by atomic mass is 10.1. The van der Waals surface area contributed by atoms with E-state index in [1.54, 1.807) is 0 Å². The lowest BCUT2D eigenvalue weighted by Crippen LogP contribution is -2.17. The Morgan fingerprint density at radius 1 is 1.32 bits per heavy atom. The van der Waals surface area contributed by atoms with Gasteiger partial charge in [0.15, 0.2) is 0 Å². The third-order valence-electron chi connectivity index (χ3n) is 3.50. The minimum atomic E-state index is 0.343. The van der Waals surface area contributed by atoms with Crippen molar-refractivity contribution < 1.29 is 0 Å². The number of nitrogens with one attached hydrogen (secondary N) is 2. The molecule has 1 atom stereocenters. The summed E-state index contributed by atoms with van der Waals surface area (Å²) >= 11 is 2.05. The minimum Gasteiger partial charge on any atom is -0.373 e. The zero-order valence-corrected chi connectivity index (χ0v) is 13.1. The summed E-state index contributed by atoms with van der Waals surface area (Å²) in [6, 6.07) is 0. The molecule has 0 spiro atoms. The molecule has 0 bridgehead atoms. The predicted octanol–water partition coefficient (Wildman–Crippen LogP) is 3.12. The van der Waals surface area contributed by atoms with Crippen LogP contribution in [0.15, 0.2) is 0 Å². The SMILES string of the molecule is CNc1nc(C(C)C)nc(NCC2CCSC2)c1C. The smallest absolute Gasteiger partial charge is 0.135 e. The van der Waals surface area contributed by atoms with Crippen LogP contribution >= 0.6 is 11.8 Å². The summed E-state index contributed by atoms with van der Waals surface area (Å²) < 4.78 is 0. The van der Waals surface area contributed by atoms with Gasteiger partial charge in [-0.2, -0.15) is 11.8 Å². The van der Waals surface area contributed by atoms with Gasteiger partial charge in [0.25, 0.3) is 0 Å². The first-order chi connectivity index (χ1) is 9.11. The summed E-state index contributed by atoms with van der Waals surface area (Å²) in [5, 5.41) is 6.68. The average molecular weight is 280 g/mol. The first-order valence-corrected chi connectivity index (χ1v) is 8.15. The number of anilines is 2. The van der Waals surface area contributed by atoms with Crippen molar-refractivity contribution in [3.63, 3.8) is 0 Å². The molecule has 2 heterocycles. The Bertz CT molecular complexity index is 428. The van der Waals surface area contributed by atoms with Crippen molar-refractivity contribution in [1.82, 2.24) is 9.97 Å². The van der Waals surface area contributed by atoms with E-state index in [1.165, 1.54) is 17.9 Å². The predicted molar refractivity (Wildman–Crippen MR) is 84.3 cm³/mol. The molecule has 1 fully saturated rings. The quantitative estimate of drug-likeness (QED) is 0.868. The number of rotatable bonds is 5. The molecule has 1 aliphatic heterocycles. The van der Waals surface area contributed by atoms with Gasteiger partial charge in [-0.15, -0.1) is 0 Å². The molecule has 1 aromatic rings. The van der Waals surface area contributed by atoms with Gasteiger partial charge in [-0.1, -0.05) is 13.8 Å². The third kappa shape index (κ3) is 3.53. The van der Waals surface area contributed by atoms with E-state index in [9.17, 15) is 0 Å². The molecule has 0 saturated carbocycles. The monoisotopic (exact) mass is 280 g/mol. The number of nitrogens with zero attached hydrogens (tertiary/aromatic N) is 2. The van der Waals surface area contributed by atoms with E-state index in [0.29, 0.717) is 5.92 Å². The number of thioether (sulfide) groups is 1. The molecule has 2 rings (SSSR count). The Morgan fingerprint density at radius 2 is 2.05 bits per heavy atom. The van der Waals surface area contributed by atoms with Crippen LogP contribution in [0.1, 0.15) is 37.6 Å². The van der Waals surface area contributed by atoms with Crippen LogP contribution < -0.4 is 10.6 Å². The van der Waals surface area contributed by atoms with Crippen LogP contribution in [0.4, 0.5) is 11.6 Å². The van der Waals surface area contributed by atoms with Crippen molar-refractivity contribution in [3.8, 4) is 0 Å². The van der Waals surface area contributed by atoms with E-state index in [2.05, 4.69) is 53.1 Å². The van der Waals surface area contributed by atoms with Crippen LogP contribution in [0.5, 0.6) is 0 Å². The minimum absolute atomic E-state index is 0.343. The third-order valence-corrected chi connectivity index (χ3v) is 4.73. The molecule has 0 aromatic carbocycles. The Morgan fingerprint density at radius 3 is 2.63 bits per heavy atom. The Hall–Kier alpha value is -0.970. The molecular weight excluding hydrogens is 256 g/mol. The van der Waals surface area contributed by atoms with Crippen molar-refractivity contribution in [2.24, 2.45) is 5.92 Å². The van der Waals surface area contributed by atoms with E-state index < -0.39 is 0 Å². The lowest BCUT2D eigenvalue weighted by molar-refractivity contribution is 0.629. The van der Waals surface area contributed by atoms with Crippen molar-refractivity contribution in [1.29, 1.82) is 0 Å². The second-order valence-electron chi connectivity index (χ2n) is 5.42. The van der Waals surface area contributed by atoms with Gasteiger partial charge >= 0.3 is 0 Å². The highest BCUT2D eigenvalue weighted by molar-refractivity contribution is 7.99. The highest BCUT2D eigenvalue weighted by Crippen LogP contribution is 2.26. The van der Waals surface area contributed by atoms with Crippen molar-refractivity contribution in [3.05, 3.63) is 11.4 Å². The average Bonchev–Trinajstić information content (AvgIpc) is 2.90. The van der Waals surface area contributed by atoms with Gasteiger partial charge in [0, 0.05) is 25.1 Å². The Kier molecular flexibility index (Phi) is 4.91. The fourth-order valence-electron chi connectivity index (χ4n) is 2.19. The molecule has 1 saturated heterocycles. The molecule has 0 aliphatic carbocycles. The molecule has 0 amide bonds. The van der Waals surface area contributed by atoms with E-state index in [0.717, 1.165) is 35.5 Å². The van der Waals surface area contributed by atoms with Gasteiger partial charge in [0.1, 0.15) is 17.5 Å². The number of hydrogen-bond acceptors (Lipinski definition) is 5.